The second-order valence-corrected chi connectivity index (χ2v) is 9.36. The van der Waals surface area contributed by atoms with E-state index in [0.717, 1.165) is 9.99 Å². The van der Waals surface area contributed by atoms with Gasteiger partial charge in [-0.25, -0.2) is 13.4 Å². The van der Waals surface area contributed by atoms with Crippen LogP contribution in [0.2, 0.25) is 5.02 Å². The van der Waals surface area contributed by atoms with Crippen molar-refractivity contribution in [2.45, 2.75) is 4.90 Å². The number of nitrogens with zero attached hydrogens (tertiary/aromatic N) is 3. The van der Waals surface area contributed by atoms with Crippen molar-refractivity contribution in [2.75, 3.05) is 16.7 Å². The summed E-state index contributed by atoms with van der Waals surface area (Å²) in [5.74, 6) is -0.414. The van der Waals surface area contributed by atoms with Gasteiger partial charge < -0.3 is 9.88 Å². The number of anilines is 2. The van der Waals surface area contributed by atoms with Gasteiger partial charge in [0.2, 0.25) is 0 Å². The van der Waals surface area contributed by atoms with E-state index in [1.807, 2.05) is 22.9 Å². The smallest absolute Gasteiger partial charge is 0.264 e. The monoisotopic (exact) mass is 466 g/mol. The number of hydrogen-bond acceptors (Lipinski definition) is 4. The van der Waals surface area contributed by atoms with E-state index in [1.165, 1.54) is 25.2 Å². The molecule has 0 spiro atoms. The van der Waals surface area contributed by atoms with E-state index in [9.17, 15) is 13.2 Å². The number of amides is 1. The Morgan fingerprint density at radius 1 is 1.03 bits per heavy atom. The zero-order valence-electron chi connectivity index (χ0n) is 17.0. The van der Waals surface area contributed by atoms with Crippen LogP contribution < -0.4 is 9.62 Å². The Kier molecular flexibility index (Phi) is 5.98. The van der Waals surface area contributed by atoms with Crippen molar-refractivity contribution < 1.29 is 13.2 Å². The van der Waals surface area contributed by atoms with Crippen molar-refractivity contribution in [3.8, 4) is 5.69 Å². The number of carbonyl (C=O) groups excluding carboxylic acids is 1. The quantitative estimate of drug-likeness (QED) is 0.450. The lowest BCUT2D eigenvalue weighted by Gasteiger charge is -2.20. The van der Waals surface area contributed by atoms with Crippen LogP contribution in [0.1, 0.15) is 10.4 Å². The molecule has 0 aliphatic carbocycles. The molecule has 1 aromatic heterocycles. The van der Waals surface area contributed by atoms with Gasteiger partial charge >= 0.3 is 0 Å². The van der Waals surface area contributed by atoms with Gasteiger partial charge in [0.05, 0.1) is 16.9 Å². The molecule has 1 N–H and O–H groups in total. The molecule has 7 nitrogen and oxygen atoms in total. The summed E-state index contributed by atoms with van der Waals surface area (Å²) in [6, 6.07) is 19.7. The van der Waals surface area contributed by atoms with Crippen LogP contribution in [0.3, 0.4) is 0 Å². The third kappa shape index (κ3) is 4.51. The van der Waals surface area contributed by atoms with E-state index in [0.29, 0.717) is 16.4 Å². The van der Waals surface area contributed by atoms with Crippen molar-refractivity contribution in [3.05, 3.63) is 102 Å². The van der Waals surface area contributed by atoms with Crippen molar-refractivity contribution in [1.82, 2.24) is 9.55 Å². The Balaban J connectivity index is 1.53. The first-order valence-electron chi connectivity index (χ1n) is 9.59. The normalized spacial score (nSPS) is 11.2. The SMILES string of the molecule is CN(c1cccc(Cl)c1)S(=O)(=O)c1cccc(C(=O)Nc2ccc(-n3ccnc3)cc2)c1. The number of imidazole rings is 1. The highest BCUT2D eigenvalue weighted by molar-refractivity contribution is 7.92. The van der Waals surface area contributed by atoms with Gasteiger partial charge in [0.1, 0.15) is 0 Å². The summed E-state index contributed by atoms with van der Waals surface area (Å²) in [6.45, 7) is 0. The van der Waals surface area contributed by atoms with Crippen LogP contribution in [-0.2, 0) is 10.0 Å². The molecular weight excluding hydrogens is 448 g/mol. The number of halogens is 1. The molecule has 0 saturated heterocycles. The molecule has 0 bridgehead atoms. The Bertz CT molecular complexity index is 1350. The maximum atomic E-state index is 13.1. The van der Waals surface area contributed by atoms with E-state index < -0.39 is 15.9 Å². The van der Waals surface area contributed by atoms with Gasteiger partial charge in [-0.15, -0.1) is 0 Å². The van der Waals surface area contributed by atoms with Gasteiger partial charge in [-0.3, -0.25) is 9.10 Å². The minimum atomic E-state index is -3.88. The Morgan fingerprint density at radius 2 is 1.78 bits per heavy atom. The number of aromatic nitrogens is 2. The minimum absolute atomic E-state index is 0.00285. The molecule has 0 atom stereocenters. The van der Waals surface area contributed by atoms with Crippen LogP contribution in [0, 0.1) is 0 Å². The summed E-state index contributed by atoms with van der Waals surface area (Å²) in [5, 5.41) is 3.22. The van der Waals surface area contributed by atoms with Crippen LogP contribution in [0.5, 0.6) is 0 Å². The number of rotatable bonds is 6. The molecule has 1 heterocycles. The fraction of sp³-hybridized carbons (Fsp3) is 0.0435. The predicted molar refractivity (Wildman–Crippen MR) is 125 cm³/mol. The Hall–Kier alpha value is -3.62. The van der Waals surface area contributed by atoms with Crippen LogP contribution in [0.4, 0.5) is 11.4 Å². The third-order valence-electron chi connectivity index (χ3n) is 4.85. The molecule has 0 fully saturated rings. The van der Waals surface area contributed by atoms with E-state index in [4.69, 9.17) is 11.6 Å². The van der Waals surface area contributed by atoms with Crippen molar-refractivity contribution in [3.63, 3.8) is 0 Å². The number of sulfonamides is 1. The summed E-state index contributed by atoms with van der Waals surface area (Å²) < 4.78 is 29.1. The molecular formula is C23H19ClN4O3S. The minimum Gasteiger partial charge on any atom is -0.322 e. The predicted octanol–water partition coefficient (Wildman–Crippen LogP) is 4.60. The molecule has 0 unspecified atom stereocenters. The molecule has 32 heavy (non-hydrogen) atoms. The first-order valence-corrected chi connectivity index (χ1v) is 11.4. The van der Waals surface area contributed by atoms with Gasteiger partial charge in [0, 0.05) is 41.4 Å². The molecule has 0 radical (unpaired) electrons. The summed E-state index contributed by atoms with van der Waals surface area (Å²) >= 11 is 5.99. The summed E-state index contributed by atoms with van der Waals surface area (Å²) in [7, 11) is -2.44. The summed E-state index contributed by atoms with van der Waals surface area (Å²) in [6.07, 6.45) is 5.18. The number of nitrogens with one attached hydrogen (secondary N) is 1. The second kappa shape index (κ2) is 8.86. The van der Waals surface area contributed by atoms with Gasteiger partial charge in [0.15, 0.2) is 0 Å². The first-order chi connectivity index (χ1) is 15.3. The molecule has 0 aliphatic heterocycles. The maximum Gasteiger partial charge on any atom is 0.264 e. The van der Waals surface area contributed by atoms with Gasteiger partial charge in [-0.2, -0.15) is 0 Å². The Labute approximate surface area is 191 Å². The van der Waals surface area contributed by atoms with Crippen molar-refractivity contribution >= 4 is 38.9 Å². The lowest BCUT2D eigenvalue weighted by atomic mass is 10.2. The highest BCUT2D eigenvalue weighted by atomic mass is 35.5. The number of carbonyl (C=O) groups is 1. The third-order valence-corrected chi connectivity index (χ3v) is 6.87. The van der Waals surface area contributed by atoms with Gasteiger partial charge in [-0.05, 0) is 60.7 Å². The van der Waals surface area contributed by atoms with Crippen LogP contribution in [-0.4, -0.2) is 30.9 Å². The van der Waals surface area contributed by atoms with E-state index >= 15 is 0 Å². The molecule has 1 amide bonds. The van der Waals surface area contributed by atoms with E-state index in [-0.39, 0.29) is 10.5 Å². The van der Waals surface area contributed by atoms with Crippen LogP contribution in [0.25, 0.3) is 5.69 Å². The average Bonchev–Trinajstić information content (AvgIpc) is 3.34. The first kappa shape index (κ1) is 21.6. The van der Waals surface area contributed by atoms with Crippen LogP contribution in [0.15, 0.2) is 96.4 Å². The summed E-state index contributed by atoms with van der Waals surface area (Å²) in [5.41, 5.74) is 2.13. The molecule has 3 aromatic carbocycles. The van der Waals surface area contributed by atoms with E-state index in [1.54, 1.807) is 55.0 Å². The summed E-state index contributed by atoms with van der Waals surface area (Å²) in [4.78, 5) is 16.7. The fourth-order valence-corrected chi connectivity index (χ4v) is 4.52. The zero-order chi connectivity index (χ0) is 22.7. The lowest BCUT2D eigenvalue weighted by molar-refractivity contribution is 0.102. The number of benzene rings is 3. The highest BCUT2D eigenvalue weighted by Gasteiger charge is 2.22. The molecule has 162 valence electrons. The van der Waals surface area contributed by atoms with Crippen molar-refractivity contribution in [1.29, 1.82) is 0 Å². The average molecular weight is 467 g/mol. The van der Waals surface area contributed by atoms with E-state index in [2.05, 4.69) is 10.3 Å². The lowest BCUT2D eigenvalue weighted by Crippen LogP contribution is -2.26. The molecule has 4 rings (SSSR count). The molecule has 9 heteroatoms. The topological polar surface area (TPSA) is 84.3 Å². The highest BCUT2D eigenvalue weighted by Crippen LogP contribution is 2.25. The Morgan fingerprint density at radius 3 is 2.47 bits per heavy atom. The molecule has 4 aromatic rings. The van der Waals surface area contributed by atoms with Crippen molar-refractivity contribution in [2.24, 2.45) is 0 Å². The van der Waals surface area contributed by atoms with Gasteiger partial charge in [0.25, 0.3) is 15.9 Å². The standard InChI is InChI=1S/C23H19ClN4O3S/c1-27(21-6-3-5-18(24)15-21)32(30,31)22-7-2-4-17(14-22)23(29)26-19-8-10-20(11-9-19)28-13-12-25-16-28/h2-16H,1H3,(H,26,29). The van der Waals surface area contributed by atoms with Gasteiger partial charge in [-0.1, -0.05) is 23.7 Å². The zero-order valence-corrected chi connectivity index (χ0v) is 18.6. The van der Waals surface area contributed by atoms with Crippen LogP contribution >= 0.6 is 11.6 Å². The second-order valence-electron chi connectivity index (χ2n) is 6.95. The molecule has 0 aliphatic rings. The fourth-order valence-electron chi connectivity index (χ4n) is 3.10. The maximum absolute atomic E-state index is 13.1. The largest absolute Gasteiger partial charge is 0.322 e. The number of hydrogen-bond donors (Lipinski definition) is 1. The molecule has 0 saturated carbocycles.